The van der Waals surface area contributed by atoms with Crippen LogP contribution in [0, 0.1) is 0 Å². The van der Waals surface area contributed by atoms with Crippen LogP contribution in [0.15, 0.2) is 66.9 Å². The molecule has 0 saturated heterocycles. The van der Waals surface area contributed by atoms with Gasteiger partial charge in [-0.1, -0.05) is 36.4 Å². The SMILES string of the molecule is COc1ccc2c(c1)C(=O)N(C[C@H](NC(=O)NC=O)c1ccc(-c3ccc4c(cnn4C)c3)cc1)C2. The summed E-state index contributed by atoms with van der Waals surface area (Å²) in [5.74, 6) is 0.483. The molecule has 0 fully saturated rings. The van der Waals surface area contributed by atoms with Gasteiger partial charge in [0.15, 0.2) is 0 Å². The second kappa shape index (κ2) is 9.53. The van der Waals surface area contributed by atoms with E-state index in [-0.39, 0.29) is 12.5 Å². The third kappa shape index (κ3) is 4.38. The Morgan fingerprint density at radius 3 is 2.64 bits per heavy atom. The van der Waals surface area contributed by atoms with Gasteiger partial charge in [0.05, 0.1) is 24.9 Å². The molecule has 1 aliphatic rings. The highest BCUT2D eigenvalue weighted by molar-refractivity contribution is 5.98. The first-order valence-corrected chi connectivity index (χ1v) is 11.5. The number of hydrogen-bond acceptors (Lipinski definition) is 5. The third-order valence-corrected chi connectivity index (χ3v) is 6.49. The number of amides is 4. The first-order valence-electron chi connectivity index (χ1n) is 11.5. The molecule has 0 bridgehead atoms. The molecule has 5 rings (SSSR count). The lowest BCUT2D eigenvalue weighted by Crippen LogP contribution is -2.42. The summed E-state index contributed by atoms with van der Waals surface area (Å²) in [4.78, 5) is 37.7. The minimum absolute atomic E-state index is 0.132. The fourth-order valence-electron chi connectivity index (χ4n) is 4.57. The molecule has 0 radical (unpaired) electrons. The Labute approximate surface area is 207 Å². The molecule has 9 nitrogen and oxygen atoms in total. The van der Waals surface area contributed by atoms with Gasteiger partial charge in [0.2, 0.25) is 6.41 Å². The summed E-state index contributed by atoms with van der Waals surface area (Å²) in [6.07, 6.45) is 2.16. The maximum Gasteiger partial charge on any atom is 0.321 e. The Kier molecular flexibility index (Phi) is 6.12. The summed E-state index contributed by atoms with van der Waals surface area (Å²) in [7, 11) is 3.47. The molecule has 3 aromatic carbocycles. The minimum Gasteiger partial charge on any atom is -0.497 e. The summed E-state index contributed by atoms with van der Waals surface area (Å²) < 4.78 is 7.08. The molecular weight excluding hydrogens is 458 g/mol. The van der Waals surface area contributed by atoms with Crippen molar-refractivity contribution in [1.82, 2.24) is 25.3 Å². The van der Waals surface area contributed by atoms with Crippen LogP contribution in [-0.2, 0) is 18.4 Å². The molecule has 0 unspecified atom stereocenters. The lowest BCUT2D eigenvalue weighted by Gasteiger charge is -2.25. The Hall–Kier alpha value is -4.66. The fraction of sp³-hybridized carbons (Fsp3) is 0.185. The van der Waals surface area contributed by atoms with Crippen molar-refractivity contribution >= 4 is 29.3 Å². The Morgan fingerprint density at radius 1 is 1.11 bits per heavy atom. The monoisotopic (exact) mass is 483 g/mol. The molecular formula is C27H25N5O4. The molecule has 1 aliphatic heterocycles. The molecule has 4 amide bonds. The second-order valence-electron chi connectivity index (χ2n) is 8.66. The van der Waals surface area contributed by atoms with Gasteiger partial charge in [-0.05, 0) is 46.5 Å². The number of nitrogens with zero attached hydrogens (tertiary/aromatic N) is 3. The quantitative estimate of drug-likeness (QED) is 0.392. The minimum atomic E-state index is -0.632. The molecule has 2 heterocycles. The lowest BCUT2D eigenvalue weighted by atomic mass is 9.99. The Morgan fingerprint density at radius 2 is 1.89 bits per heavy atom. The van der Waals surface area contributed by atoms with E-state index in [0.29, 0.717) is 24.3 Å². The largest absolute Gasteiger partial charge is 0.497 e. The lowest BCUT2D eigenvalue weighted by molar-refractivity contribution is -0.108. The van der Waals surface area contributed by atoms with Gasteiger partial charge >= 0.3 is 6.03 Å². The number of carbonyl (C=O) groups excluding carboxylic acids is 3. The molecule has 36 heavy (non-hydrogen) atoms. The van der Waals surface area contributed by atoms with E-state index >= 15 is 0 Å². The molecule has 2 N–H and O–H groups in total. The number of hydrogen-bond donors (Lipinski definition) is 2. The molecule has 0 aliphatic carbocycles. The molecule has 4 aromatic rings. The van der Waals surface area contributed by atoms with Gasteiger partial charge in [0.25, 0.3) is 5.91 Å². The third-order valence-electron chi connectivity index (χ3n) is 6.49. The average molecular weight is 484 g/mol. The van der Waals surface area contributed by atoms with Crippen molar-refractivity contribution in [2.24, 2.45) is 7.05 Å². The number of imide groups is 1. The fourth-order valence-corrected chi connectivity index (χ4v) is 4.57. The van der Waals surface area contributed by atoms with Crippen LogP contribution in [0.2, 0.25) is 0 Å². The Bertz CT molecular complexity index is 1460. The number of nitrogens with one attached hydrogen (secondary N) is 2. The summed E-state index contributed by atoms with van der Waals surface area (Å²) in [6, 6.07) is 18.2. The number of methoxy groups -OCH3 is 1. The molecule has 0 saturated carbocycles. The molecule has 1 aromatic heterocycles. The van der Waals surface area contributed by atoms with Crippen LogP contribution in [0.4, 0.5) is 4.79 Å². The molecule has 0 spiro atoms. The van der Waals surface area contributed by atoms with Crippen LogP contribution in [-0.4, -0.2) is 46.7 Å². The van der Waals surface area contributed by atoms with Crippen molar-refractivity contribution in [1.29, 1.82) is 0 Å². The highest BCUT2D eigenvalue weighted by Gasteiger charge is 2.30. The van der Waals surface area contributed by atoms with Gasteiger partial charge in [-0.3, -0.25) is 19.6 Å². The van der Waals surface area contributed by atoms with Gasteiger partial charge in [-0.15, -0.1) is 0 Å². The van der Waals surface area contributed by atoms with Crippen LogP contribution in [0.1, 0.15) is 27.5 Å². The normalized spacial score (nSPS) is 13.4. The van der Waals surface area contributed by atoms with Crippen LogP contribution < -0.4 is 15.4 Å². The van der Waals surface area contributed by atoms with Gasteiger partial charge in [0.1, 0.15) is 5.75 Å². The van der Waals surface area contributed by atoms with Crippen molar-refractivity contribution in [3.8, 4) is 16.9 Å². The zero-order valence-corrected chi connectivity index (χ0v) is 19.9. The van der Waals surface area contributed by atoms with Crippen molar-refractivity contribution in [2.45, 2.75) is 12.6 Å². The standard InChI is InChI=1S/C27H25N5O4/c1-31-25-10-8-19(11-21(25)13-29-31)17-3-5-18(6-4-17)24(30-27(35)28-16-33)15-32-14-20-7-9-22(36-2)12-23(20)26(32)34/h3-13,16,24H,14-15H2,1-2H3,(H2,28,30,33,35)/t24-/m0/s1. The van der Waals surface area contributed by atoms with E-state index in [1.54, 1.807) is 18.1 Å². The van der Waals surface area contributed by atoms with Crippen LogP contribution in [0.25, 0.3) is 22.0 Å². The van der Waals surface area contributed by atoms with E-state index in [0.717, 1.165) is 33.2 Å². The number of aromatic nitrogens is 2. The number of urea groups is 1. The van der Waals surface area contributed by atoms with Crippen LogP contribution in [0.3, 0.4) is 0 Å². The highest BCUT2D eigenvalue weighted by Crippen LogP contribution is 2.30. The van der Waals surface area contributed by atoms with E-state index in [1.807, 2.05) is 66.5 Å². The van der Waals surface area contributed by atoms with E-state index in [4.69, 9.17) is 4.74 Å². The van der Waals surface area contributed by atoms with E-state index in [1.165, 1.54) is 0 Å². The predicted molar refractivity (Wildman–Crippen MR) is 134 cm³/mol. The number of ether oxygens (including phenoxy) is 1. The summed E-state index contributed by atoms with van der Waals surface area (Å²) in [5.41, 5.74) is 5.41. The Balaban J connectivity index is 1.39. The van der Waals surface area contributed by atoms with Crippen molar-refractivity contribution in [2.75, 3.05) is 13.7 Å². The molecule has 1 atom stereocenters. The zero-order valence-electron chi connectivity index (χ0n) is 19.9. The van der Waals surface area contributed by atoms with E-state index in [2.05, 4.69) is 21.8 Å². The maximum atomic E-state index is 13.1. The van der Waals surface area contributed by atoms with E-state index in [9.17, 15) is 14.4 Å². The number of rotatable bonds is 7. The summed E-state index contributed by atoms with van der Waals surface area (Å²) >= 11 is 0. The smallest absolute Gasteiger partial charge is 0.321 e. The van der Waals surface area contributed by atoms with Crippen LogP contribution in [0.5, 0.6) is 5.75 Å². The van der Waals surface area contributed by atoms with E-state index < -0.39 is 12.1 Å². The first kappa shape index (κ1) is 23.1. The summed E-state index contributed by atoms with van der Waals surface area (Å²) in [5, 5.41) is 10.3. The number of fused-ring (bicyclic) bond motifs is 2. The highest BCUT2D eigenvalue weighted by atomic mass is 16.5. The van der Waals surface area contributed by atoms with Crippen molar-refractivity contribution in [3.05, 3.63) is 83.6 Å². The number of aryl methyl sites for hydroxylation is 1. The van der Waals surface area contributed by atoms with Crippen LogP contribution >= 0.6 is 0 Å². The second-order valence-corrected chi connectivity index (χ2v) is 8.66. The van der Waals surface area contributed by atoms with Crippen molar-refractivity contribution < 1.29 is 19.1 Å². The zero-order chi connectivity index (χ0) is 25.2. The van der Waals surface area contributed by atoms with Crippen molar-refractivity contribution in [3.63, 3.8) is 0 Å². The van der Waals surface area contributed by atoms with Gasteiger partial charge < -0.3 is 15.0 Å². The topological polar surface area (TPSA) is 106 Å². The van der Waals surface area contributed by atoms with Gasteiger partial charge in [-0.25, -0.2) is 4.79 Å². The molecule has 182 valence electrons. The predicted octanol–water partition coefficient (Wildman–Crippen LogP) is 3.40. The maximum absolute atomic E-state index is 13.1. The first-order chi connectivity index (χ1) is 17.5. The number of carbonyl (C=O) groups is 3. The van der Waals surface area contributed by atoms with Gasteiger partial charge in [-0.2, -0.15) is 5.10 Å². The van der Waals surface area contributed by atoms with Gasteiger partial charge in [0, 0.05) is 31.1 Å². The summed E-state index contributed by atoms with van der Waals surface area (Å²) in [6.45, 7) is 0.665. The number of benzene rings is 3. The average Bonchev–Trinajstić information content (AvgIpc) is 3.42. The molecule has 9 heteroatoms.